The van der Waals surface area contributed by atoms with Gasteiger partial charge in [0, 0.05) is 0 Å². The number of unbranched alkanes of at least 4 members (excludes halogenated alkanes) is 2. The second-order valence-corrected chi connectivity index (χ2v) is 19.2. The normalized spacial score (nSPS) is 14.3. The van der Waals surface area contributed by atoms with Gasteiger partial charge in [-0.1, -0.05) is 160 Å². The average molecular weight is 653 g/mol. The second kappa shape index (κ2) is 13.1. The Morgan fingerprint density at radius 1 is 0.469 bits per heavy atom. The van der Waals surface area contributed by atoms with Crippen molar-refractivity contribution in [2.24, 2.45) is 0 Å². The highest BCUT2D eigenvalue weighted by Gasteiger charge is 2.43. The lowest BCUT2D eigenvalue weighted by atomic mass is 9.95. The van der Waals surface area contributed by atoms with Gasteiger partial charge in [0.05, 0.1) is 0 Å². The smallest absolute Gasteiger partial charge is 0.0655 e. The first kappa shape index (κ1) is 31.8. The zero-order valence-corrected chi connectivity index (χ0v) is 30.7. The van der Waals surface area contributed by atoms with Gasteiger partial charge in [-0.2, -0.15) is 0 Å². The highest BCUT2D eigenvalue weighted by atomic mass is 28.3. The molecule has 0 radical (unpaired) electrons. The number of benzene rings is 6. The zero-order valence-electron chi connectivity index (χ0n) is 29.7. The number of fused-ring (bicyclic) bond motifs is 4. The molecule has 0 fully saturated rings. The summed E-state index contributed by atoms with van der Waals surface area (Å²) >= 11 is 0. The molecule has 1 heteroatoms. The Morgan fingerprint density at radius 2 is 0.898 bits per heavy atom. The zero-order chi connectivity index (χ0) is 33.5. The van der Waals surface area contributed by atoms with Crippen LogP contribution in [0.25, 0.3) is 54.2 Å². The molecule has 0 saturated carbocycles. The maximum Gasteiger partial charge on any atom is 0.113 e. The molecule has 8 rings (SSSR count). The molecule has 244 valence electrons. The minimum Gasteiger partial charge on any atom is -0.0655 e. The van der Waals surface area contributed by atoms with E-state index in [1.54, 1.807) is 32.7 Å². The molecular weight excluding hydrogens is 605 g/mol. The Labute approximate surface area is 294 Å². The van der Waals surface area contributed by atoms with Crippen LogP contribution in [-0.4, -0.2) is 8.07 Å². The molecule has 0 bridgehead atoms. The van der Waals surface area contributed by atoms with Crippen molar-refractivity contribution in [2.75, 3.05) is 0 Å². The fourth-order valence-corrected chi connectivity index (χ4v) is 13.4. The average Bonchev–Trinajstić information content (AvgIpc) is 3.72. The standard InChI is InChI=1S/C48H48Si/c1-5-7-15-41-31-39-21-13-23-43(37-27-25-33-17-9-11-19-35(33)29-37)45(39)47(41)49(3,4)48-42(16-8-6-2)32-40-22-14-24-44(46(40)48)38-28-26-34-18-10-12-20-36(34)30-38/h9-14,17-30H,5-8,15-16,31-32H2,1-4H3. The van der Waals surface area contributed by atoms with Crippen LogP contribution in [0, 0.1) is 0 Å². The van der Waals surface area contributed by atoms with Gasteiger partial charge in [-0.3, -0.25) is 0 Å². The van der Waals surface area contributed by atoms with E-state index >= 15 is 0 Å². The summed E-state index contributed by atoms with van der Waals surface area (Å²) < 4.78 is 0. The van der Waals surface area contributed by atoms with Crippen LogP contribution in [0.1, 0.15) is 74.6 Å². The lowest BCUT2D eigenvalue weighted by Gasteiger charge is -2.33. The number of hydrogen-bond acceptors (Lipinski definition) is 0. The first-order valence-electron chi connectivity index (χ1n) is 18.7. The molecule has 0 heterocycles. The van der Waals surface area contributed by atoms with Gasteiger partial charge in [-0.15, -0.1) is 0 Å². The fraction of sp³-hybridized carbons (Fsp3) is 0.250. The maximum absolute atomic E-state index is 2.70. The van der Waals surface area contributed by atoms with Crippen molar-refractivity contribution >= 4 is 40.0 Å². The van der Waals surface area contributed by atoms with Gasteiger partial charge in [-0.05, 0) is 127 Å². The molecule has 2 aliphatic carbocycles. The predicted octanol–water partition coefficient (Wildman–Crippen LogP) is 13.8. The molecule has 0 N–H and O–H groups in total. The Hall–Kier alpha value is -4.46. The quantitative estimate of drug-likeness (QED) is 0.129. The third-order valence-electron chi connectivity index (χ3n) is 11.4. The van der Waals surface area contributed by atoms with Gasteiger partial charge in [-0.25, -0.2) is 0 Å². The van der Waals surface area contributed by atoms with E-state index in [1.165, 1.54) is 93.5 Å². The summed E-state index contributed by atoms with van der Waals surface area (Å²) in [4.78, 5) is 0. The van der Waals surface area contributed by atoms with Gasteiger partial charge in [0.25, 0.3) is 0 Å². The predicted molar refractivity (Wildman–Crippen MR) is 217 cm³/mol. The van der Waals surface area contributed by atoms with Crippen LogP contribution in [0.2, 0.25) is 13.1 Å². The Balaban J connectivity index is 1.34. The number of allylic oxidation sites excluding steroid dienone is 2. The first-order valence-corrected chi connectivity index (χ1v) is 21.7. The van der Waals surface area contributed by atoms with Gasteiger partial charge >= 0.3 is 0 Å². The Morgan fingerprint density at radius 3 is 1.33 bits per heavy atom. The summed E-state index contributed by atoms with van der Waals surface area (Å²) in [7, 11) is -2.24. The van der Waals surface area contributed by atoms with Crippen molar-refractivity contribution in [1.82, 2.24) is 0 Å². The molecule has 0 unspecified atom stereocenters. The van der Waals surface area contributed by atoms with Gasteiger partial charge < -0.3 is 0 Å². The van der Waals surface area contributed by atoms with Crippen LogP contribution in [0.5, 0.6) is 0 Å². The monoisotopic (exact) mass is 652 g/mol. The third kappa shape index (κ3) is 5.63. The molecule has 2 aliphatic rings. The van der Waals surface area contributed by atoms with E-state index in [0.717, 1.165) is 12.8 Å². The fourth-order valence-electron chi connectivity index (χ4n) is 9.11. The van der Waals surface area contributed by atoms with Crippen LogP contribution in [0.15, 0.2) is 132 Å². The number of rotatable bonds is 10. The van der Waals surface area contributed by atoms with Crippen molar-refractivity contribution in [3.8, 4) is 22.3 Å². The van der Waals surface area contributed by atoms with Gasteiger partial charge in [0.1, 0.15) is 8.07 Å². The third-order valence-corrected chi connectivity index (χ3v) is 15.1. The van der Waals surface area contributed by atoms with E-state index in [9.17, 15) is 0 Å². The van der Waals surface area contributed by atoms with Crippen LogP contribution in [0.3, 0.4) is 0 Å². The molecule has 0 amide bonds. The minimum atomic E-state index is -2.24. The molecule has 0 spiro atoms. The number of hydrogen-bond donors (Lipinski definition) is 0. The first-order chi connectivity index (χ1) is 24.0. The summed E-state index contributed by atoms with van der Waals surface area (Å²) in [6, 6.07) is 46.1. The van der Waals surface area contributed by atoms with E-state index in [2.05, 4.69) is 148 Å². The lowest BCUT2D eigenvalue weighted by molar-refractivity contribution is 0.778. The van der Waals surface area contributed by atoms with E-state index in [0.29, 0.717) is 0 Å². The van der Waals surface area contributed by atoms with Crippen molar-refractivity contribution in [3.05, 3.63) is 155 Å². The molecule has 6 aromatic rings. The SMILES string of the molecule is CCCCC1=C([Si](C)(C)C2=C(CCCC)Cc3cccc(-c4ccc5ccccc5c4)c32)c2c(cccc2-c2ccc3ccccc3c2)C1. The van der Waals surface area contributed by atoms with Crippen molar-refractivity contribution in [2.45, 2.75) is 78.3 Å². The van der Waals surface area contributed by atoms with Gasteiger partial charge in [0.15, 0.2) is 0 Å². The molecule has 49 heavy (non-hydrogen) atoms. The van der Waals surface area contributed by atoms with Crippen LogP contribution in [-0.2, 0) is 12.8 Å². The Kier molecular flexibility index (Phi) is 8.50. The lowest BCUT2D eigenvalue weighted by Crippen LogP contribution is -2.32. The van der Waals surface area contributed by atoms with Crippen LogP contribution >= 0.6 is 0 Å². The molecule has 0 nitrogen and oxygen atoms in total. The molecule has 6 aromatic carbocycles. The molecule has 0 saturated heterocycles. The summed E-state index contributed by atoms with van der Waals surface area (Å²) in [5, 5.41) is 8.70. The van der Waals surface area contributed by atoms with Crippen molar-refractivity contribution in [3.63, 3.8) is 0 Å². The van der Waals surface area contributed by atoms with Gasteiger partial charge in [0.2, 0.25) is 0 Å². The van der Waals surface area contributed by atoms with E-state index in [1.807, 2.05) is 0 Å². The minimum absolute atomic E-state index is 1.10. The highest BCUT2D eigenvalue weighted by molar-refractivity contribution is 7.09. The van der Waals surface area contributed by atoms with Crippen molar-refractivity contribution in [1.29, 1.82) is 0 Å². The van der Waals surface area contributed by atoms with E-state index in [4.69, 9.17) is 0 Å². The molecular formula is C48H48Si. The summed E-state index contributed by atoms with van der Waals surface area (Å²) in [6.45, 7) is 10.1. The van der Waals surface area contributed by atoms with E-state index in [-0.39, 0.29) is 0 Å². The second-order valence-electron chi connectivity index (χ2n) is 14.9. The topological polar surface area (TPSA) is 0 Å². The highest BCUT2D eigenvalue weighted by Crippen LogP contribution is 2.54. The van der Waals surface area contributed by atoms with E-state index < -0.39 is 8.07 Å². The molecule has 0 aromatic heterocycles. The summed E-state index contributed by atoms with van der Waals surface area (Å²) in [5.41, 5.74) is 15.1. The largest absolute Gasteiger partial charge is 0.113 e. The van der Waals surface area contributed by atoms with Crippen LogP contribution < -0.4 is 0 Å². The van der Waals surface area contributed by atoms with Crippen molar-refractivity contribution < 1.29 is 0 Å². The van der Waals surface area contributed by atoms with Crippen LogP contribution in [0.4, 0.5) is 0 Å². The summed E-state index contributed by atoms with van der Waals surface area (Å²) in [6.07, 6.45) is 9.55. The Bertz CT molecular complexity index is 2120. The molecule has 0 aliphatic heterocycles. The molecule has 0 atom stereocenters. The maximum atomic E-state index is 2.70. The summed E-state index contributed by atoms with van der Waals surface area (Å²) in [5.74, 6) is 0.